The molecule has 6 nitrogen and oxygen atoms in total. The number of Topliss-reactive ketones (excluding diaryl/α,β-unsaturated/α-hetero) is 1. The molecule has 1 N–H and O–H groups in total. The van der Waals surface area contributed by atoms with Crippen LogP contribution in [0.15, 0.2) is 42.5 Å². The number of rotatable bonds is 6. The first kappa shape index (κ1) is 20.1. The van der Waals surface area contributed by atoms with E-state index in [9.17, 15) is 18.0 Å². The number of ether oxygens (including phenoxy) is 1. The van der Waals surface area contributed by atoms with Crippen LogP contribution in [0.5, 0.6) is 0 Å². The first-order valence-corrected chi connectivity index (χ1v) is 11.1. The van der Waals surface area contributed by atoms with E-state index in [1.807, 2.05) is 12.1 Å². The fourth-order valence-corrected chi connectivity index (χ4v) is 3.86. The molecule has 0 spiro atoms. The lowest BCUT2D eigenvalue weighted by molar-refractivity contribution is 0.0318. The van der Waals surface area contributed by atoms with Gasteiger partial charge in [-0.1, -0.05) is 6.07 Å². The predicted octanol–water partition coefficient (Wildman–Crippen LogP) is 3.37. The molecule has 0 saturated carbocycles. The lowest BCUT2D eigenvalue weighted by Crippen LogP contribution is -2.24. The van der Waals surface area contributed by atoms with E-state index in [0.29, 0.717) is 16.8 Å². The summed E-state index contributed by atoms with van der Waals surface area (Å²) in [5, 5.41) is 0. The largest absolute Gasteiger partial charge is 0.451 e. The van der Waals surface area contributed by atoms with Gasteiger partial charge in [-0.2, -0.15) is 0 Å². The summed E-state index contributed by atoms with van der Waals surface area (Å²) in [7, 11) is -3.38. The molecule has 3 rings (SSSR count). The lowest BCUT2D eigenvalue weighted by atomic mass is 9.90. The molecule has 148 valence electrons. The zero-order valence-corrected chi connectivity index (χ0v) is 16.7. The molecular formula is C21H23NO5S. The molecule has 0 amide bonds. The van der Waals surface area contributed by atoms with Crippen molar-refractivity contribution in [3.8, 4) is 0 Å². The minimum absolute atomic E-state index is 0.338. The predicted molar refractivity (Wildman–Crippen MR) is 107 cm³/mol. The van der Waals surface area contributed by atoms with Gasteiger partial charge >= 0.3 is 5.97 Å². The van der Waals surface area contributed by atoms with E-state index >= 15 is 0 Å². The number of hydrogen-bond acceptors (Lipinski definition) is 5. The second kappa shape index (κ2) is 8.14. The van der Waals surface area contributed by atoms with Crippen LogP contribution in [0, 0.1) is 0 Å². The van der Waals surface area contributed by atoms with Crippen molar-refractivity contribution in [3.63, 3.8) is 0 Å². The number of benzene rings is 2. The van der Waals surface area contributed by atoms with Gasteiger partial charge in [-0.05, 0) is 80.1 Å². The van der Waals surface area contributed by atoms with Gasteiger partial charge < -0.3 is 4.74 Å². The van der Waals surface area contributed by atoms with Crippen molar-refractivity contribution in [3.05, 3.63) is 64.7 Å². The van der Waals surface area contributed by atoms with Crippen molar-refractivity contribution in [1.82, 2.24) is 0 Å². The third-order valence-corrected chi connectivity index (χ3v) is 5.32. The quantitative estimate of drug-likeness (QED) is 0.592. The van der Waals surface area contributed by atoms with Gasteiger partial charge in [0.1, 0.15) is 0 Å². The maximum atomic E-state index is 12.5. The number of hydrogen-bond donors (Lipinski definition) is 1. The van der Waals surface area contributed by atoms with Crippen LogP contribution in [0.4, 0.5) is 5.69 Å². The van der Waals surface area contributed by atoms with Gasteiger partial charge in [-0.25, -0.2) is 13.2 Å². The molecule has 0 heterocycles. The number of anilines is 1. The van der Waals surface area contributed by atoms with Crippen LogP contribution in [0.2, 0.25) is 0 Å². The van der Waals surface area contributed by atoms with E-state index in [-0.39, 0.29) is 5.78 Å². The molecule has 2 aromatic carbocycles. The molecule has 0 aromatic heterocycles. The van der Waals surface area contributed by atoms with Crippen LogP contribution >= 0.6 is 0 Å². The second-order valence-electron chi connectivity index (χ2n) is 7.05. The molecular weight excluding hydrogens is 378 g/mol. The maximum Gasteiger partial charge on any atom is 0.338 e. The highest BCUT2D eigenvalue weighted by molar-refractivity contribution is 7.92. The highest BCUT2D eigenvalue weighted by atomic mass is 32.2. The van der Waals surface area contributed by atoms with E-state index < -0.39 is 22.1 Å². The minimum Gasteiger partial charge on any atom is -0.451 e. The molecule has 1 atom stereocenters. The van der Waals surface area contributed by atoms with E-state index in [2.05, 4.69) is 4.72 Å². The number of esters is 1. The number of aryl methyl sites for hydroxylation is 2. The van der Waals surface area contributed by atoms with E-state index in [1.165, 1.54) is 48.7 Å². The topological polar surface area (TPSA) is 89.5 Å². The first-order valence-electron chi connectivity index (χ1n) is 9.18. The van der Waals surface area contributed by atoms with Crippen molar-refractivity contribution >= 4 is 27.5 Å². The van der Waals surface area contributed by atoms with Crippen LogP contribution < -0.4 is 4.72 Å². The van der Waals surface area contributed by atoms with Crippen molar-refractivity contribution in [2.75, 3.05) is 11.0 Å². The van der Waals surface area contributed by atoms with E-state index in [1.54, 1.807) is 6.07 Å². The molecule has 2 aromatic rings. The molecule has 0 fully saturated rings. The van der Waals surface area contributed by atoms with Gasteiger partial charge in [0.25, 0.3) is 0 Å². The summed E-state index contributed by atoms with van der Waals surface area (Å²) in [4.78, 5) is 25.0. The summed E-state index contributed by atoms with van der Waals surface area (Å²) in [6.45, 7) is 1.53. The molecule has 1 aliphatic rings. The van der Waals surface area contributed by atoms with Gasteiger partial charge in [0, 0.05) is 11.3 Å². The molecule has 1 aliphatic carbocycles. The molecule has 0 aliphatic heterocycles. The Hall–Kier alpha value is -2.67. The van der Waals surface area contributed by atoms with Crippen LogP contribution in [0.3, 0.4) is 0 Å². The SMILES string of the molecule is C[C@H](OC(=O)c1ccc2c(c1)CCCC2)C(=O)c1ccc(NS(C)(=O)=O)cc1. The van der Waals surface area contributed by atoms with Crippen molar-refractivity contribution in [1.29, 1.82) is 0 Å². The highest BCUT2D eigenvalue weighted by Gasteiger charge is 2.21. The fourth-order valence-electron chi connectivity index (χ4n) is 3.29. The van der Waals surface area contributed by atoms with Gasteiger partial charge in [-0.3, -0.25) is 9.52 Å². The number of nitrogens with one attached hydrogen (secondary N) is 1. The zero-order valence-electron chi connectivity index (χ0n) is 15.9. The van der Waals surface area contributed by atoms with Gasteiger partial charge in [0.05, 0.1) is 11.8 Å². The molecule has 0 saturated heterocycles. The van der Waals surface area contributed by atoms with Gasteiger partial charge in [0.15, 0.2) is 6.10 Å². The van der Waals surface area contributed by atoms with Crippen LogP contribution in [-0.4, -0.2) is 32.5 Å². The van der Waals surface area contributed by atoms with Crippen molar-refractivity contribution < 1.29 is 22.7 Å². The fraction of sp³-hybridized carbons (Fsp3) is 0.333. The van der Waals surface area contributed by atoms with Gasteiger partial charge in [-0.15, -0.1) is 0 Å². The second-order valence-corrected chi connectivity index (χ2v) is 8.80. The van der Waals surface area contributed by atoms with E-state index in [0.717, 1.165) is 25.5 Å². The molecule has 7 heteroatoms. The number of sulfonamides is 1. The highest BCUT2D eigenvalue weighted by Crippen LogP contribution is 2.23. The summed E-state index contributed by atoms with van der Waals surface area (Å²) in [5.74, 6) is -0.873. The Morgan fingerprint density at radius 2 is 1.57 bits per heavy atom. The molecule has 0 bridgehead atoms. The first-order chi connectivity index (χ1) is 13.2. The third-order valence-electron chi connectivity index (χ3n) is 4.71. The standard InChI is InChI=1S/C21H23NO5S/c1-14(20(23)16-9-11-19(12-10-16)22-28(2,25)26)27-21(24)18-8-7-15-5-3-4-6-17(15)13-18/h7-14,22H,3-6H2,1-2H3/t14-/m0/s1. The number of carbonyl (C=O) groups is 2. The monoisotopic (exact) mass is 401 g/mol. The van der Waals surface area contributed by atoms with Crippen molar-refractivity contribution in [2.45, 2.75) is 38.7 Å². The van der Waals surface area contributed by atoms with Crippen molar-refractivity contribution in [2.24, 2.45) is 0 Å². The number of carbonyl (C=O) groups excluding carboxylic acids is 2. The third kappa shape index (κ3) is 4.98. The van der Waals surface area contributed by atoms with Crippen LogP contribution in [0.25, 0.3) is 0 Å². The Morgan fingerprint density at radius 1 is 0.964 bits per heavy atom. The minimum atomic E-state index is -3.38. The Labute approximate surface area is 165 Å². The smallest absolute Gasteiger partial charge is 0.338 e. The summed E-state index contributed by atoms with van der Waals surface area (Å²) >= 11 is 0. The van der Waals surface area contributed by atoms with Gasteiger partial charge in [0.2, 0.25) is 15.8 Å². The summed E-state index contributed by atoms with van der Waals surface area (Å²) in [5.41, 5.74) is 3.60. The Bertz CT molecular complexity index is 996. The molecule has 0 radical (unpaired) electrons. The summed E-state index contributed by atoms with van der Waals surface area (Å²) in [6.07, 6.45) is 4.37. The summed E-state index contributed by atoms with van der Waals surface area (Å²) < 4.78 is 30.2. The lowest BCUT2D eigenvalue weighted by Gasteiger charge is -2.17. The zero-order chi connectivity index (χ0) is 20.3. The van der Waals surface area contributed by atoms with Crippen LogP contribution in [0.1, 0.15) is 51.6 Å². The molecule has 28 heavy (non-hydrogen) atoms. The average Bonchev–Trinajstić information content (AvgIpc) is 2.66. The molecule has 0 unspecified atom stereocenters. The normalized spacial score (nSPS) is 14.6. The van der Waals surface area contributed by atoms with E-state index in [4.69, 9.17) is 4.74 Å². The number of fused-ring (bicyclic) bond motifs is 1. The Morgan fingerprint density at radius 3 is 2.21 bits per heavy atom. The summed E-state index contributed by atoms with van der Waals surface area (Å²) in [6, 6.07) is 11.6. The number of ketones is 1. The Kier molecular flexibility index (Phi) is 5.84. The van der Waals surface area contributed by atoms with Crippen LogP contribution in [-0.2, 0) is 27.6 Å². The Balaban J connectivity index is 1.66. The maximum absolute atomic E-state index is 12.5. The average molecular weight is 401 g/mol.